The summed E-state index contributed by atoms with van der Waals surface area (Å²) in [6, 6.07) is 10.5. The van der Waals surface area contributed by atoms with Crippen LogP contribution in [0, 0.1) is 16.7 Å². The highest BCUT2D eigenvalue weighted by atomic mass is 16.5. The van der Waals surface area contributed by atoms with Gasteiger partial charge in [-0.05, 0) is 68.6 Å². The first kappa shape index (κ1) is 23.3. The van der Waals surface area contributed by atoms with Gasteiger partial charge in [0, 0.05) is 0 Å². The molecule has 2 N–H and O–H groups in total. The summed E-state index contributed by atoms with van der Waals surface area (Å²) < 4.78 is 10.3. The number of hydrogen-bond donors (Lipinski definition) is 2. The molecule has 0 aliphatic rings. The van der Waals surface area contributed by atoms with Crippen LogP contribution >= 0.6 is 0 Å². The molecule has 0 amide bonds. The molecule has 0 saturated heterocycles. The highest BCUT2D eigenvalue weighted by Gasteiger charge is 2.24. The van der Waals surface area contributed by atoms with Gasteiger partial charge in [0.1, 0.15) is 5.75 Å². The van der Waals surface area contributed by atoms with E-state index in [1.54, 1.807) is 13.2 Å². The number of nitrogens with zero attached hydrogens (tertiary/aromatic N) is 1. The molecular weight excluding hydrogens is 352 g/mol. The fourth-order valence-electron chi connectivity index (χ4n) is 2.88. The maximum atomic E-state index is 10.0. The van der Waals surface area contributed by atoms with Crippen molar-refractivity contribution in [3.05, 3.63) is 66.2 Å². The summed E-state index contributed by atoms with van der Waals surface area (Å²) in [5.74, 6) is 1.14. The maximum Gasteiger partial charge on any atom is 0.159 e. The molecule has 0 radical (unpaired) electrons. The molecule has 0 fully saturated rings. The van der Waals surface area contributed by atoms with E-state index in [1.165, 1.54) is 24.8 Å². The third-order valence-electron chi connectivity index (χ3n) is 4.77. The van der Waals surface area contributed by atoms with E-state index in [9.17, 15) is 10.4 Å². The van der Waals surface area contributed by atoms with Crippen LogP contribution < -0.4 is 10.1 Å². The standard InChI is InChI=1S/C23H32N2O3/c1-5-22(28-4)21(26)11-14-23(6-2,18-24)13-8-15-25-16-12-19-9-7-10-20(17-19)27-3/h5,7,9-11,14,17,25-26H,1,6,8,12-13,15-16H2,2-4H3/b14-11+,22-21-. The van der Waals surface area contributed by atoms with Crippen LogP contribution in [0.1, 0.15) is 31.7 Å². The fourth-order valence-corrected chi connectivity index (χ4v) is 2.88. The summed E-state index contributed by atoms with van der Waals surface area (Å²) in [5.41, 5.74) is 0.621. The third-order valence-corrected chi connectivity index (χ3v) is 4.77. The predicted octanol–water partition coefficient (Wildman–Crippen LogP) is 4.69. The van der Waals surface area contributed by atoms with E-state index < -0.39 is 5.41 Å². The number of rotatable bonds is 13. The molecule has 0 saturated carbocycles. The minimum absolute atomic E-state index is 0.0259. The van der Waals surface area contributed by atoms with Gasteiger partial charge in [-0.15, -0.1) is 0 Å². The Morgan fingerprint density at radius 1 is 1.36 bits per heavy atom. The van der Waals surface area contributed by atoms with Crippen LogP contribution in [0.15, 0.2) is 60.6 Å². The number of aliphatic hydroxyl groups is 1. The summed E-state index contributed by atoms with van der Waals surface area (Å²) >= 11 is 0. The van der Waals surface area contributed by atoms with Crippen molar-refractivity contribution in [2.24, 2.45) is 5.41 Å². The van der Waals surface area contributed by atoms with Gasteiger partial charge in [0.15, 0.2) is 11.5 Å². The third kappa shape index (κ3) is 7.50. The van der Waals surface area contributed by atoms with E-state index in [4.69, 9.17) is 9.47 Å². The summed E-state index contributed by atoms with van der Waals surface area (Å²) in [7, 11) is 3.14. The van der Waals surface area contributed by atoms with Crippen molar-refractivity contribution >= 4 is 0 Å². The van der Waals surface area contributed by atoms with E-state index in [-0.39, 0.29) is 5.76 Å². The number of benzene rings is 1. The molecule has 0 spiro atoms. The average molecular weight is 385 g/mol. The van der Waals surface area contributed by atoms with Crippen LogP contribution in [0.2, 0.25) is 0 Å². The molecule has 0 bridgehead atoms. The first-order chi connectivity index (χ1) is 13.5. The molecule has 0 aliphatic heterocycles. The summed E-state index contributed by atoms with van der Waals surface area (Å²) in [6.07, 6.45) is 7.91. The Morgan fingerprint density at radius 3 is 2.75 bits per heavy atom. The molecule has 0 heterocycles. The molecule has 0 aliphatic carbocycles. The molecule has 152 valence electrons. The molecule has 1 unspecified atom stereocenters. The lowest BCUT2D eigenvalue weighted by Gasteiger charge is -2.21. The second-order valence-corrected chi connectivity index (χ2v) is 6.57. The predicted molar refractivity (Wildman–Crippen MR) is 113 cm³/mol. The smallest absolute Gasteiger partial charge is 0.159 e. The number of allylic oxidation sites excluding steroid dienone is 3. The normalized spacial score (nSPS) is 14.1. The first-order valence-electron chi connectivity index (χ1n) is 9.58. The SMILES string of the molecule is C=C/C(OC)=C(O)\C=C\C(C#N)(CC)CCCNCCc1cccc(OC)c1. The second-order valence-electron chi connectivity index (χ2n) is 6.57. The fraction of sp³-hybridized carbons (Fsp3) is 0.435. The van der Waals surface area contributed by atoms with Crippen molar-refractivity contribution in [2.45, 2.75) is 32.6 Å². The number of methoxy groups -OCH3 is 2. The molecule has 5 nitrogen and oxygen atoms in total. The van der Waals surface area contributed by atoms with Crippen LogP contribution in [0.3, 0.4) is 0 Å². The van der Waals surface area contributed by atoms with Gasteiger partial charge in [-0.25, -0.2) is 0 Å². The topological polar surface area (TPSA) is 74.5 Å². The Morgan fingerprint density at radius 2 is 2.14 bits per heavy atom. The van der Waals surface area contributed by atoms with Gasteiger partial charge >= 0.3 is 0 Å². The largest absolute Gasteiger partial charge is 0.504 e. The van der Waals surface area contributed by atoms with Crippen molar-refractivity contribution < 1.29 is 14.6 Å². The molecule has 1 atom stereocenters. The summed E-state index contributed by atoms with van der Waals surface area (Å²) in [4.78, 5) is 0. The van der Waals surface area contributed by atoms with Gasteiger partial charge < -0.3 is 19.9 Å². The quantitative estimate of drug-likeness (QED) is 0.293. The van der Waals surface area contributed by atoms with E-state index >= 15 is 0 Å². The van der Waals surface area contributed by atoms with Crippen molar-refractivity contribution in [1.82, 2.24) is 5.32 Å². The van der Waals surface area contributed by atoms with Crippen molar-refractivity contribution in [2.75, 3.05) is 27.3 Å². The second kappa shape index (κ2) is 12.6. The van der Waals surface area contributed by atoms with Crippen molar-refractivity contribution in [3.63, 3.8) is 0 Å². The molecule has 5 heteroatoms. The highest BCUT2D eigenvalue weighted by Crippen LogP contribution is 2.29. The molecule has 1 aromatic carbocycles. The number of nitriles is 1. The number of aliphatic hydroxyl groups excluding tert-OH is 1. The van der Waals surface area contributed by atoms with E-state index in [1.807, 2.05) is 25.1 Å². The van der Waals surface area contributed by atoms with Gasteiger partial charge in [-0.1, -0.05) is 31.7 Å². The first-order valence-corrected chi connectivity index (χ1v) is 9.58. The Kier molecular flexibility index (Phi) is 10.5. The Bertz CT molecular complexity index is 719. The monoisotopic (exact) mass is 384 g/mol. The van der Waals surface area contributed by atoms with Gasteiger partial charge in [0.05, 0.1) is 25.7 Å². The highest BCUT2D eigenvalue weighted by molar-refractivity contribution is 5.28. The minimum atomic E-state index is -0.609. The van der Waals surface area contributed by atoms with Gasteiger partial charge in [-0.2, -0.15) is 5.26 Å². The Balaban J connectivity index is 2.49. The number of nitrogens with one attached hydrogen (secondary N) is 1. The number of hydrogen-bond acceptors (Lipinski definition) is 5. The Hall–Kier alpha value is -2.71. The van der Waals surface area contributed by atoms with Gasteiger partial charge in [0.25, 0.3) is 0 Å². The maximum absolute atomic E-state index is 10.0. The van der Waals surface area contributed by atoms with Crippen molar-refractivity contribution in [1.29, 1.82) is 5.26 Å². The summed E-state index contributed by atoms with van der Waals surface area (Å²) in [6.45, 7) is 7.27. The van der Waals surface area contributed by atoms with Crippen molar-refractivity contribution in [3.8, 4) is 11.8 Å². The van der Waals surface area contributed by atoms with E-state index in [0.29, 0.717) is 18.6 Å². The molecule has 1 rings (SSSR count). The van der Waals surface area contributed by atoms with Crippen LogP contribution in [0.5, 0.6) is 5.75 Å². The molecule has 28 heavy (non-hydrogen) atoms. The zero-order valence-corrected chi connectivity index (χ0v) is 17.2. The van der Waals surface area contributed by atoms with Crippen LogP contribution in [-0.2, 0) is 11.2 Å². The lowest BCUT2D eigenvalue weighted by molar-refractivity contribution is 0.274. The zero-order chi connectivity index (χ0) is 20.8. The van der Waals surface area contributed by atoms with Crippen LogP contribution in [-0.4, -0.2) is 32.4 Å². The molecule has 0 aromatic heterocycles. The Labute approximate surface area is 169 Å². The summed E-state index contributed by atoms with van der Waals surface area (Å²) in [5, 5.41) is 23.1. The van der Waals surface area contributed by atoms with E-state index in [2.05, 4.69) is 24.0 Å². The molecular formula is C23H32N2O3. The number of ether oxygens (including phenoxy) is 2. The minimum Gasteiger partial charge on any atom is -0.504 e. The van der Waals surface area contributed by atoms with Crippen LogP contribution in [0.4, 0.5) is 0 Å². The van der Waals surface area contributed by atoms with E-state index in [0.717, 1.165) is 31.7 Å². The van der Waals surface area contributed by atoms with Crippen LogP contribution in [0.25, 0.3) is 0 Å². The lowest BCUT2D eigenvalue weighted by Crippen LogP contribution is -2.22. The molecule has 1 aromatic rings. The van der Waals surface area contributed by atoms with Gasteiger partial charge in [-0.3, -0.25) is 0 Å². The zero-order valence-electron chi connectivity index (χ0n) is 17.2. The lowest BCUT2D eigenvalue weighted by atomic mass is 9.81. The average Bonchev–Trinajstić information content (AvgIpc) is 2.74. The van der Waals surface area contributed by atoms with Gasteiger partial charge in [0.2, 0.25) is 0 Å².